The molecule has 1 amide bonds. The van der Waals surface area contributed by atoms with Gasteiger partial charge in [0, 0.05) is 21.3 Å². The van der Waals surface area contributed by atoms with Gasteiger partial charge in [-0.05, 0) is 54.3 Å². The number of hydrogen-bond donors (Lipinski definition) is 1. The molecule has 0 unspecified atom stereocenters. The highest BCUT2D eigenvalue weighted by Gasteiger charge is 2.29. The van der Waals surface area contributed by atoms with Gasteiger partial charge in [0.05, 0.1) is 12.2 Å². The second kappa shape index (κ2) is 6.55. The first-order valence-corrected chi connectivity index (χ1v) is 7.92. The average molecular weight is 343 g/mol. The predicted molar refractivity (Wildman–Crippen MR) is 90.5 cm³/mol. The number of fused-ring (bicyclic) bond motifs is 1. The minimum absolute atomic E-state index is 0.0573. The lowest BCUT2D eigenvalue weighted by atomic mass is 9.79. The van der Waals surface area contributed by atoms with Crippen LogP contribution in [0.2, 0.25) is 0 Å². The van der Waals surface area contributed by atoms with Gasteiger partial charge in [0.2, 0.25) is 0 Å². The molecule has 130 valence electrons. The first-order chi connectivity index (χ1) is 11.9. The van der Waals surface area contributed by atoms with E-state index in [1.54, 1.807) is 6.07 Å². The van der Waals surface area contributed by atoms with Gasteiger partial charge in [0.25, 0.3) is 5.91 Å². The van der Waals surface area contributed by atoms with Crippen molar-refractivity contribution in [3.8, 4) is 5.75 Å². The zero-order chi connectivity index (χ0) is 18.0. The molecule has 3 rings (SSSR count). The summed E-state index contributed by atoms with van der Waals surface area (Å²) in [5.74, 6) is -0.540. The molecule has 2 aromatic rings. The van der Waals surface area contributed by atoms with Gasteiger partial charge in [-0.1, -0.05) is 13.8 Å². The summed E-state index contributed by atoms with van der Waals surface area (Å²) in [7, 11) is 0. The Kier molecular flexibility index (Phi) is 4.44. The number of halogens is 1. The van der Waals surface area contributed by atoms with Crippen molar-refractivity contribution in [3.63, 3.8) is 0 Å². The second-order valence-electron chi connectivity index (χ2n) is 6.59. The molecule has 0 aromatic heterocycles. The van der Waals surface area contributed by atoms with E-state index in [4.69, 9.17) is 4.74 Å². The third-order valence-electron chi connectivity index (χ3n) is 4.40. The zero-order valence-corrected chi connectivity index (χ0v) is 14.0. The summed E-state index contributed by atoms with van der Waals surface area (Å²) in [4.78, 5) is 26.7. The topological polar surface area (TPSA) is 64.6 Å². The van der Waals surface area contributed by atoms with Crippen molar-refractivity contribution in [2.45, 2.75) is 25.7 Å². The molecule has 6 heteroatoms. The monoisotopic (exact) mass is 343 g/mol. The summed E-state index contributed by atoms with van der Waals surface area (Å²) >= 11 is 0. The van der Waals surface area contributed by atoms with Crippen LogP contribution in [0.3, 0.4) is 0 Å². The number of carbonyl (C=O) groups excluding carboxylic acids is 2. The lowest BCUT2D eigenvalue weighted by Gasteiger charge is -2.32. The fraction of sp³-hybridized carbons (Fsp3) is 0.263. The molecule has 0 saturated heterocycles. The number of rotatable bonds is 3. The number of amides is 1. The normalized spacial score (nSPS) is 14.8. The molecule has 1 aliphatic rings. The van der Waals surface area contributed by atoms with Crippen LogP contribution in [0.15, 0.2) is 42.5 Å². The summed E-state index contributed by atoms with van der Waals surface area (Å²) in [6.07, 6.45) is 0.886. The molecular formula is C19H18FNO4. The Labute approximate surface area is 144 Å². The SMILES string of the molecule is CC1(C)CCOc2ccc(C(=O)Nc3ccc(C(=O)OF)cc3)cc21. The fourth-order valence-corrected chi connectivity index (χ4v) is 2.81. The molecule has 0 spiro atoms. The number of anilines is 1. The molecule has 1 aliphatic heterocycles. The molecule has 0 radical (unpaired) electrons. The van der Waals surface area contributed by atoms with Crippen LogP contribution in [0.1, 0.15) is 46.5 Å². The first kappa shape index (κ1) is 17.0. The molecule has 0 saturated carbocycles. The van der Waals surface area contributed by atoms with Crippen LogP contribution in [0, 0.1) is 0 Å². The highest BCUT2D eigenvalue weighted by Crippen LogP contribution is 2.38. The highest BCUT2D eigenvalue weighted by atomic mass is 19.3. The Morgan fingerprint density at radius 3 is 2.48 bits per heavy atom. The molecular weight excluding hydrogens is 325 g/mol. The minimum Gasteiger partial charge on any atom is -0.493 e. The Bertz CT molecular complexity index is 815. The van der Waals surface area contributed by atoms with Crippen LogP contribution < -0.4 is 10.1 Å². The number of benzene rings is 2. The molecule has 0 bridgehead atoms. The number of nitrogens with one attached hydrogen (secondary N) is 1. The van der Waals surface area contributed by atoms with Gasteiger partial charge >= 0.3 is 5.97 Å². The van der Waals surface area contributed by atoms with E-state index in [9.17, 15) is 14.1 Å². The van der Waals surface area contributed by atoms with Gasteiger partial charge in [-0.25, -0.2) is 9.74 Å². The first-order valence-electron chi connectivity index (χ1n) is 7.92. The molecule has 1 heterocycles. The van der Waals surface area contributed by atoms with Crippen molar-refractivity contribution < 1.29 is 23.8 Å². The van der Waals surface area contributed by atoms with Crippen LogP contribution >= 0.6 is 0 Å². The van der Waals surface area contributed by atoms with Crippen LogP contribution in [0.4, 0.5) is 10.2 Å². The van der Waals surface area contributed by atoms with Crippen molar-refractivity contribution in [2.24, 2.45) is 0 Å². The third kappa shape index (κ3) is 3.47. The molecule has 25 heavy (non-hydrogen) atoms. The Morgan fingerprint density at radius 2 is 1.80 bits per heavy atom. The zero-order valence-electron chi connectivity index (χ0n) is 14.0. The van der Waals surface area contributed by atoms with E-state index in [-0.39, 0.29) is 16.9 Å². The van der Waals surface area contributed by atoms with Crippen molar-refractivity contribution in [1.29, 1.82) is 0 Å². The maximum absolute atomic E-state index is 12.5. The predicted octanol–water partition coefficient (Wildman–Crippen LogP) is 4.04. The van der Waals surface area contributed by atoms with Gasteiger partial charge in [-0.2, -0.15) is 0 Å². The Balaban J connectivity index is 1.79. The fourth-order valence-electron chi connectivity index (χ4n) is 2.81. The van der Waals surface area contributed by atoms with E-state index in [0.717, 1.165) is 17.7 Å². The highest BCUT2D eigenvalue weighted by molar-refractivity contribution is 6.04. The van der Waals surface area contributed by atoms with Crippen LogP contribution in [-0.4, -0.2) is 18.5 Å². The van der Waals surface area contributed by atoms with Gasteiger partial charge in [0.15, 0.2) is 0 Å². The minimum atomic E-state index is -1.07. The lowest BCUT2D eigenvalue weighted by molar-refractivity contribution is -0.0788. The lowest BCUT2D eigenvalue weighted by Crippen LogP contribution is -2.27. The second-order valence-corrected chi connectivity index (χ2v) is 6.59. The van der Waals surface area contributed by atoms with Crippen molar-refractivity contribution in [1.82, 2.24) is 0 Å². The van der Waals surface area contributed by atoms with E-state index in [0.29, 0.717) is 17.9 Å². The summed E-state index contributed by atoms with van der Waals surface area (Å²) in [6, 6.07) is 11.1. The average Bonchev–Trinajstić information content (AvgIpc) is 2.61. The Hall–Kier alpha value is -2.89. The standard InChI is InChI=1S/C19H18FNO4/c1-19(2)9-10-24-16-8-5-13(11-15(16)19)17(22)21-14-6-3-12(4-7-14)18(23)25-20/h3-8,11H,9-10H2,1-2H3,(H,21,22). The van der Waals surface area contributed by atoms with Crippen molar-refractivity contribution in [2.75, 3.05) is 11.9 Å². The summed E-state index contributed by atoms with van der Waals surface area (Å²) in [5.41, 5.74) is 2.02. The van der Waals surface area contributed by atoms with Crippen LogP contribution in [0.25, 0.3) is 0 Å². The molecule has 1 N–H and O–H groups in total. The van der Waals surface area contributed by atoms with Gasteiger partial charge in [-0.3, -0.25) is 4.79 Å². The third-order valence-corrected chi connectivity index (χ3v) is 4.40. The van der Waals surface area contributed by atoms with E-state index in [1.807, 2.05) is 12.1 Å². The number of ether oxygens (including phenoxy) is 1. The van der Waals surface area contributed by atoms with E-state index >= 15 is 0 Å². The molecule has 0 fully saturated rings. The van der Waals surface area contributed by atoms with E-state index in [1.165, 1.54) is 24.3 Å². The molecule has 0 aliphatic carbocycles. The maximum Gasteiger partial charge on any atom is 0.379 e. The number of carbonyl (C=O) groups is 2. The van der Waals surface area contributed by atoms with Crippen LogP contribution in [-0.2, 0) is 10.4 Å². The smallest absolute Gasteiger partial charge is 0.379 e. The van der Waals surface area contributed by atoms with Gasteiger partial charge in [-0.15, -0.1) is 0 Å². The van der Waals surface area contributed by atoms with Gasteiger partial charge in [0.1, 0.15) is 5.75 Å². The molecule has 2 aromatic carbocycles. The van der Waals surface area contributed by atoms with Crippen LogP contribution in [0.5, 0.6) is 5.75 Å². The van der Waals surface area contributed by atoms with E-state index in [2.05, 4.69) is 24.1 Å². The quantitative estimate of drug-likeness (QED) is 0.913. The molecule has 5 nitrogen and oxygen atoms in total. The van der Waals surface area contributed by atoms with Gasteiger partial charge < -0.3 is 10.1 Å². The molecule has 0 atom stereocenters. The summed E-state index contributed by atoms with van der Waals surface area (Å²) in [5, 5.41) is 2.75. The van der Waals surface area contributed by atoms with E-state index < -0.39 is 5.97 Å². The summed E-state index contributed by atoms with van der Waals surface area (Å²) in [6.45, 7) is 4.91. The number of hydrogen-bond acceptors (Lipinski definition) is 4. The summed E-state index contributed by atoms with van der Waals surface area (Å²) < 4.78 is 17.5. The van der Waals surface area contributed by atoms with Crippen molar-refractivity contribution in [3.05, 3.63) is 59.2 Å². The van der Waals surface area contributed by atoms with Crippen molar-refractivity contribution >= 4 is 17.6 Å². The Morgan fingerprint density at radius 1 is 1.12 bits per heavy atom. The largest absolute Gasteiger partial charge is 0.493 e. The maximum atomic E-state index is 12.5.